The molecule has 0 aromatic heterocycles. The Labute approximate surface area is 278 Å². The summed E-state index contributed by atoms with van der Waals surface area (Å²) in [6, 6.07) is 50.4. The smallest absolute Gasteiger partial charge is 0.0664 e. The number of anilines is 6. The second-order valence-electron chi connectivity index (χ2n) is 12.5. The molecule has 0 fully saturated rings. The van der Waals surface area contributed by atoms with Gasteiger partial charge in [-0.15, -0.1) is 0 Å². The van der Waals surface area contributed by atoms with Gasteiger partial charge in [0.25, 0.3) is 0 Å². The van der Waals surface area contributed by atoms with Gasteiger partial charge in [-0.05, 0) is 112 Å². The lowest BCUT2D eigenvalue weighted by atomic mass is 9.75. The van der Waals surface area contributed by atoms with Crippen molar-refractivity contribution in [2.24, 2.45) is 0 Å². The topological polar surface area (TPSA) is 46.9 Å². The zero-order valence-electron chi connectivity index (χ0n) is 27.6. The van der Waals surface area contributed by atoms with Crippen LogP contribution in [-0.2, 0) is 5.41 Å². The van der Waals surface area contributed by atoms with Crippen molar-refractivity contribution >= 4 is 34.1 Å². The van der Waals surface area contributed by atoms with E-state index in [1.54, 1.807) is 0 Å². The predicted octanol–water partition coefficient (Wildman–Crippen LogP) is 10.1. The highest BCUT2D eigenvalue weighted by Gasteiger charge is 2.33. The van der Waals surface area contributed by atoms with Gasteiger partial charge in [0.05, 0.1) is 18.6 Å². The Balaban J connectivity index is 1.36. The molecular formula is C43H42N2O2. The summed E-state index contributed by atoms with van der Waals surface area (Å²) in [4.78, 5) is 4.45. The van der Waals surface area contributed by atoms with Gasteiger partial charge in [-0.25, -0.2) is 0 Å². The van der Waals surface area contributed by atoms with Crippen LogP contribution in [0.4, 0.5) is 34.1 Å². The van der Waals surface area contributed by atoms with Crippen molar-refractivity contribution in [3.8, 4) is 0 Å². The summed E-state index contributed by atoms with van der Waals surface area (Å²) in [5.74, 6) is 0. The SMILES string of the molecule is Cc1ccc(N(c2ccc(C)cc2)c2ccc(C(CO)(CO)c3ccc(N(c4ccc(C)cc4)c4ccc(C)cc4)cc3)cc2)cc1. The lowest BCUT2D eigenvalue weighted by Gasteiger charge is -2.33. The lowest BCUT2D eigenvalue weighted by Crippen LogP contribution is -2.36. The number of hydrogen-bond donors (Lipinski definition) is 2. The minimum absolute atomic E-state index is 0.235. The number of benzene rings is 6. The van der Waals surface area contributed by atoms with Crippen LogP contribution in [-0.4, -0.2) is 23.4 Å². The van der Waals surface area contributed by atoms with E-state index in [0.29, 0.717) is 0 Å². The molecule has 0 atom stereocenters. The van der Waals surface area contributed by atoms with Crippen molar-refractivity contribution in [2.45, 2.75) is 33.1 Å². The van der Waals surface area contributed by atoms with E-state index in [9.17, 15) is 10.2 Å². The number of rotatable bonds is 10. The van der Waals surface area contributed by atoms with Crippen LogP contribution in [0.15, 0.2) is 146 Å². The van der Waals surface area contributed by atoms with Gasteiger partial charge in [0.1, 0.15) is 0 Å². The second kappa shape index (κ2) is 13.7. The van der Waals surface area contributed by atoms with E-state index < -0.39 is 5.41 Å². The third-order valence-electron chi connectivity index (χ3n) is 9.06. The molecule has 0 aliphatic heterocycles. The largest absolute Gasteiger partial charge is 0.395 e. The molecule has 0 saturated heterocycles. The summed E-state index contributed by atoms with van der Waals surface area (Å²) < 4.78 is 0. The maximum absolute atomic E-state index is 10.9. The van der Waals surface area contributed by atoms with Crippen LogP contribution in [0.1, 0.15) is 33.4 Å². The molecule has 0 bridgehead atoms. The van der Waals surface area contributed by atoms with E-state index in [-0.39, 0.29) is 13.2 Å². The first kappa shape index (κ1) is 31.8. The zero-order valence-corrected chi connectivity index (χ0v) is 27.6. The fraction of sp³-hybridized carbons (Fsp3) is 0.163. The Morgan fingerprint density at radius 1 is 0.340 bits per heavy atom. The molecule has 2 N–H and O–H groups in total. The van der Waals surface area contributed by atoms with Crippen molar-refractivity contribution in [3.63, 3.8) is 0 Å². The van der Waals surface area contributed by atoms with Crippen LogP contribution < -0.4 is 9.80 Å². The average molecular weight is 619 g/mol. The third-order valence-corrected chi connectivity index (χ3v) is 9.06. The molecule has 0 amide bonds. The summed E-state index contributed by atoms with van der Waals surface area (Å²) in [6.07, 6.45) is 0. The molecule has 47 heavy (non-hydrogen) atoms. The highest BCUT2D eigenvalue weighted by atomic mass is 16.3. The summed E-state index contributed by atoms with van der Waals surface area (Å²) in [6.45, 7) is 7.89. The van der Waals surface area contributed by atoms with Crippen LogP contribution in [0.5, 0.6) is 0 Å². The summed E-state index contributed by atoms with van der Waals surface area (Å²) in [5, 5.41) is 21.8. The first-order valence-corrected chi connectivity index (χ1v) is 16.1. The molecule has 236 valence electrons. The van der Waals surface area contributed by atoms with Gasteiger partial charge < -0.3 is 20.0 Å². The maximum atomic E-state index is 10.9. The number of nitrogens with zero attached hydrogens (tertiary/aromatic N) is 2. The Bertz CT molecular complexity index is 1660. The van der Waals surface area contributed by atoms with E-state index in [4.69, 9.17) is 0 Å². The van der Waals surface area contributed by atoms with Crippen molar-refractivity contribution in [3.05, 3.63) is 179 Å². The molecule has 4 nitrogen and oxygen atoms in total. The highest BCUT2D eigenvalue weighted by Crippen LogP contribution is 2.40. The minimum Gasteiger partial charge on any atom is -0.395 e. The molecule has 0 saturated carbocycles. The monoisotopic (exact) mass is 618 g/mol. The number of hydrogen-bond acceptors (Lipinski definition) is 4. The van der Waals surface area contributed by atoms with Gasteiger partial charge in [0, 0.05) is 34.1 Å². The van der Waals surface area contributed by atoms with Gasteiger partial charge in [0.15, 0.2) is 0 Å². The number of aliphatic hydroxyl groups is 2. The van der Waals surface area contributed by atoms with Gasteiger partial charge in [-0.2, -0.15) is 0 Å². The molecule has 6 aromatic rings. The van der Waals surface area contributed by atoms with Crippen LogP contribution in [0.3, 0.4) is 0 Å². The van der Waals surface area contributed by atoms with Crippen LogP contribution >= 0.6 is 0 Å². The van der Waals surface area contributed by atoms with Gasteiger partial charge in [-0.3, -0.25) is 0 Å². The first-order chi connectivity index (χ1) is 22.8. The fourth-order valence-electron chi connectivity index (χ4n) is 6.11. The van der Waals surface area contributed by atoms with Crippen molar-refractivity contribution < 1.29 is 10.2 Å². The molecule has 6 aromatic carbocycles. The Morgan fingerprint density at radius 3 is 0.723 bits per heavy atom. The molecule has 0 spiro atoms. The molecule has 6 rings (SSSR count). The standard InChI is InChI=1S/C43H42N2O2/c1-31-5-17-37(18-6-31)44(38-19-7-32(2)8-20-38)41-25-13-35(14-26-41)43(29-46,30-47)36-15-27-42(28-16-36)45(39-21-9-33(3)10-22-39)40-23-11-34(4)12-24-40/h5-28,46-47H,29-30H2,1-4H3. The van der Waals surface area contributed by atoms with E-state index in [1.807, 2.05) is 24.3 Å². The molecule has 0 aliphatic rings. The predicted molar refractivity (Wildman–Crippen MR) is 196 cm³/mol. The van der Waals surface area contributed by atoms with Crippen LogP contribution in [0.25, 0.3) is 0 Å². The van der Waals surface area contributed by atoms with E-state index in [1.165, 1.54) is 22.3 Å². The highest BCUT2D eigenvalue weighted by molar-refractivity contribution is 5.78. The second-order valence-corrected chi connectivity index (χ2v) is 12.5. The van der Waals surface area contributed by atoms with Gasteiger partial charge in [0.2, 0.25) is 0 Å². The normalized spacial score (nSPS) is 11.4. The van der Waals surface area contributed by atoms with Crippen molar-refractivity contribution in [1.82, 2.24) is 0 Å². The number of aliphatic hydroxyl groups excluding tert-OH is 2. The Kier molecular flexibility index (Phi) is 9.26. The first-order valence-electron chi connectivity index (χ1n) is 16.1. The number of aryl methyl sites for hydroxylation is 4. The molecule has 0 heterocycles. The van der Waals surface area contributed by atoms with Crippen molar-refractivity contribution in [1.29, 1.82) is 0 Å². The minimum atomic E-state index is -0.978. The molecule has 0 radical (unpaired) electrons. The fourth-order valence-corrected chi connectivity index (χ4v) is 6.11. The zero-order chi connectivity index (χ0) is 33.0. The molecular weight excluding hydrogens is 576 g/mol. The summed E-state index contributed by atoms with van der Waals surface area (Å²) in [5.41, 5.74) is 11.8. The van der Waals surface area contributed by atoms with Gasteiger partial charge in [-0.1, -0.05) is 95.1 Å². The van der Waals surface area contributed by atoms with E-state index in [0.717, 1.165) is 45.3 Å². The molecule has 0 unspecified atom stereocenters. The van der Waals surface area contributed by atoms with Gasteiger partial charge >= 0.3 is 0 Å². The quantitative estimate of drug-likeness (QED) is 0.160. The third kappa shape index (κ3) is 6.57. The summed E-state index contributed by atoms with van der Waals surface area (Å²) in [7, 11) is 0. The maximum Gasteiger partial charge on any atom is 0.0664 e. The van der Waals surface area contributed by atoms with Crippen LogP contribution in [0.2, 0.25) is 0 Å². The van der Waals surface area contributed by atoms with Crippen LogP contribution in [0, 0.1) is 27.7 Å². The lowest BCUT2D eigenvalue weighted by molar-refractivity contribution is 0.143. The Hall–Kier alpha value is -5.16. The van der Waals surface area contributed by atoms with E-state index in [2.05, 4.69) is 159 Å². The Morgan fingerprint density at radius 2 is 0.532 bits per heavy atom. The van der Waals surface area contributed by atoms with E-state index >= 15 is 0 Å². The summed E-state index contributed by atoms with van der Waals surface area (Å²) >= 11 is 0. The molecule has 4 heteroatoms. The average Bonchev–Trinajstić information content (AvgIpc) is 3.10. The molecule has 0 aliphatic carbocycles. The van der Waals surface area contributed by atoms with Crippen molar-refractivity contribution in [2.75, 3.05) is 23.0 Å².